The maximum absolute atomic E-state index is 8.76. The molecule has 3 N–H and O–H groups in total. The van der Waals surface area contributed by atoms with E-state index in [9.17, 15) is 0 Å². The molecule has 0 saturated heterocycles. The lowest BCUT2D eigenvalue weighted by atomic mass is 10.2. The molecule has 1 aromatic heterocycles. The van der Waals surface area contributed by atoms with E-state index in [0.717, 1.165) is 0 Å². The second kappa shape index (κ2) is 3.79. The first kappa shape index (κ1) is 9.37. The molecule has 66 valence electrons. The zero-order valence-electron chi connectivity index (χ0n) is 7.09. The molecule has 0 radical (unpaired) electrons. The summed E-state index contributed by atoms with van der Waals surface area (Å²) in [4.78, 5) is 0.396. The molecule has 1 aromatic rings. The summed E-state index contributed by atoms with van der Waals surface area (Å²) in [6, 6.07) is 3.93. The minimum absolute atomic E-state index is 0.283. The van der Waals surface area contributed by atoms with E-state index in [2.05, 4.69) is 5.32 Å². The highest BCUT2D eigenvalue weighted by molar-refractivity contribution is 7.17. The highest BCUT2D eigenvalue weighted by Crippen LogP contribution is 2.34. The summed E-state index contributed by atoms with van der Waals surface area (Å²) < 4.78 is 0. The Balaban J connectivity index is 3.23. The smallest absolute Gasteiger partial charge is 0.131 e. The Morgan fingerprint density at radius 1 is 1.46 bits per heavy atom. The van der Waals surface area contributed by atoms with E-state index in [0.29, 0.717) is 22.0 Å². The number of nitrogens with two attached hydrogens (primary N) is 1. The van der Waals surface area contributed by atoms with Crippen molar-refractivity contribution in [1.82, 2.24) is 0 Å². The van der Waals surface area contributed by atoms with Gasteiger partial charge in [0.2, 0.25) is 0 Å². The van der Waals surface area contributed by atoms with Gasteiger partial charge in [-0.25, -0.2) is 0 Å². The quantitative estimate of drug-likeness (QED) is 0.743. The van der Waals surface area contributed by atoms with Crippen molar-refractivity contribution in [3.8, 4) is 12.1 Å². The molecule has 0 amide bonds. The summed E-state index contributed by atoms with van der Waals surface area (Å²) in [6.07, 6.45) is 0. The van der Waals surface area contributed by atoms with Crippen molar-refractivity contribution < 1.29 is 0 Å². The second-order valence-electron chi connectivity index (χ2n) is 2.30. The van der Waals surface area contributed by atoms with E-state index in [-0.39, 0.29) is 5.69 Å². The normalized spacial score (nSPS) is 8.85. The van der Waals surface area contributed by atoms with Gasteiger partial charge in [0.15, 0.2) is 0 Å². The van der Waals surface area contributed by atoms with Crippen LogP contribution in [0.1, 0.15) is 17.4 Å². The largest absolute Gasteiger partial charge is 0.396 e. The maximum Gasteiger partial charge on any atom is 0.131 e. The van der Waals surface area contributed by atoms with Gasteiger partial charge in [-0.3, -0.25) is 0 Å². The number of hydrogen-bond acceptors (Lipinski definition) is 5. The van der Waals surface area contributed by atoms with E-state index in [1.54, 1.807) is 0 Å². The molecule has 0 aliphatic carbocycles. The van der Waals surface area contributed by atoms with Gasteiger partial charge < -0.3 is 11.1 Å². The Hall–Kier alpha value is -1.72. The van der Waals surface area contributed by atoms with E-state index in [1.165, 1.54) is 11.3 Å². The van der Waals surface area contributed by atoms with Gasteiger partial charge in [0.25, 0.3) is 0 Å². The van der Waals surface area contributed by atoms with Gasteiger partial charge in [0.1, 0.15) is 27.6 Å². The van der Waals surface area contributed by atoms with Crippen molar-refractivity contribution >= 4 is 22.0 Å². The van der Waals surface area contributed by atoms with Crippen LogP contribution in [0.15, 0.2) is 0 Å². The summed E-state index contributed by atoms with van der Waals surface area (Å²) >= 11 is 1.22. The minimum atomic E-state index is 0.283. The predicted octanol–water partition coefficient (Wildman–Crippen LogP) is 1.51. The van der Waals surface area contributed by atoms with Gasteiger partial charge in [-0.1, -0.05) is 0 Å². The maximum atomic E-state index is 8.76. The van der Waals surface area contributed by atoms with Crippen LogP contribution >= 0.6 is 11.3 Å². The third kappa shape index (κ3) is 1.56. The molecule has 0 spiro atoms. The summed E-state index contributed by atoms with van der Waals surface area (Å²) in [6.45, 7) is 2.63. The average molecular weight is 192 g/mol. The fourth-order valence-electron chi connectivity index (χ4n) is 0.923. The van der Waals surface area contributed by atoms with Crippen LogP contribution in [0, 0.1) is 22.7 Å². The Labute approximate surface area is 80.2 Å². The molecular weight excluding hydrogens is 184 g/mol. The van der Waals surface area contributed by atoms with Crippen molar-refractivity contribution in [2.24, 2.45) is 0 Å². The molecule has 0 atom stereocenters. The predicted molar refractivity (Wildman–Crippen MR) is 52.3 cm³/mol. The first-order chi connectivity index (χ1) is 6.24. The van der Waals surface area contributed by atoms with Gasteiger partial charge in [0, 0.05) is 6.54 Å². The topological polar surface area (TPSA) is 85.6 Å². The van der Waals surface area contributed by atoms with E-state index >= 15 is 0 Å². The minimum Gasteiger partial charge on any atom is -0.396 e. The number of nitrogens with one attached hydrogen (secondary N) is 1. The zero-order valence-corrected chi connectivity index (χ0v) is 7.90. The molecule has 0 aliphatic rings. The number of nitrogen functional groups attached to an aromatic ring is 1. The lowest BCUT2D eigenvalue weighted by molar-refractivity contribution is 1.22. The number of nitrogens with zero attached hydrogens (tertiary/aromatic N) is 2. The van der Waals surface area contributed by atoms with Crippen molar-refractivity contribution in [2.45, 2.75) is 6.92 Å². The first-order valence-electron chi connectivity index (χ1n) is 3.70. The second-order valence-corrected chi connectivity index (χ2v) is 3.32. The monoisotopic (exact) mass is 192 g/mol. The molecule has 0 unspecified atom stereocenters. The molecule has 0 fully saturated rings. The standard InChI is InChI=1S/C8H8N4S/c1-2-12-8-5(3-9)7(11)6(4-10)13-8/h12H,2,11H2,1H3. The van der Waals surface area contributed by atoms with Gasteiger partial charge in [-0.2, -0.15) is 10.5 Å². The molecule has 1 rings (SSSR count). The van der Waals surface area contributed by atoms with Crippen LogP contribution in [0.4, 0.5) is 10.7 Å². The Morgan fingerprint density at radius 3 is 2.62 bits per heavy atom. The van der Waals surface area contributed by atoms with Gasteiger partial charge in [0.05, 0.1) is 5.69 Å². The van der Waals surface area contributed by atoms with Crippen LogP contribution in [0.5, 0.6) is 0 Å². The number of anilines is 2. The SMILES string of the molecule is CCNc1sc(C#N)c(N)c1C#N. The van der Waals surface area contributed by atoms with Gasteiger partial charge in [-0.05, 0) is 6.92 Å². The van der Waals surface area contributed by atoms with Gasteiger partial charge in [-0.15, -0.1) is 11.3 Å². The van der Waals surface area contributed by atoms with Crippen molar-refractivity contribution in [1.29, 1.82) is 10.5 Å². The number of thiophene rings is 1. The molecular formula is C8H8N4S. The Morgan fingerprint density at radius 2 is 2.15 bits per heavy atom. The summed E-state index contributed by atoms with van der Waals surface area (Å²) in [5.41, 5.74) is 6.24. The highest BCUT2D eigenvalue weighted by Gasteiger charge is 2.14. The Bertz CT molecular complexity index is 394. The van der Waals surface area contributed by atoms with Crippen molar-refractivity contribution in [3.63, 3.8) is 0 Å². The fourth-order valence-corrected chi connectivity index (χ4v) is 1.86. The summed E-state index contributed by atoms with van der Waals surface area (Å²) in [5, 5.41) is 21.1. The lowest BCUT2D eigenvalue weighted by Crippen LogP contribution is -1.96. The highest BCUT2D eigenvalue weighted by atomic mass is 32.1. The third-order valence-corrected chi connectivity index (χ3v) is 2.56. The van der Waals surface area contributed by atoms with E-state index in [4.69, 9.17) is 16.3 Å². The van der Waals surface area contributed by atoms with Crippen LogP contribution in [-0.4, -0.2) is 6.54 Å². The van der Waals surface area contributed by atoms with Gasteiger partial charge >= 0.3 is 0 Å². The number of nitriles is 2. The molecule has 4 nitrogen and oxygen atoms in total. The Kier molecular flexibility index (Phi) is 2.73. The number of hydrogen-bond donors (Lipinski definition) is 2. The first-order valence-corrected chi connectivity index (χ1v) is 4.52. The van der Waals surface area contributed by atoms with Crippen LogP contribution in [0.2, 0.25) is 0 Å². The van der Waals surface area contributed by atoms with Crippen LogP contribution in [-0.2, 0) is 0 Å². The molecule has 0 saturated carbocycles. The van der Waals surface area contributed by atoms with Crippen LogP contribution in [0.25, 0.3) is 0 Å². The molecule has 0 bridgehead atoms. The molecule has 0 aromatic carbocycles. The number of rotatable bonds is 2. The lowest BCUT2D eigenvalue weighted by Gasteiger charge is -1.97. The van der Waals surface area contributed by atoms with E-state index < -0.39 is 0 Å². The van der Waals surface area contributed by atoms with Crippen molar-refractivity contribution in [3.05, 3.63) is 10.4 Å². The fraction of sp³-hybridized carbons (Fsp3) is 0.250. The third-order valence-electron chi connectivity index (χ3n) is 1.50. The molecule has 0 aliphatic heterocycles. The molecule has 5 heteroatoms. The summed E-state index contributed by atoms with van der Waals surface area (Å²) in [7, 11) is 0. The molecule has 13 heavy (non-hydrogen) atoms. The van der Waals surface area contributed by atoms with Crippen LogP contribution in [0.3, 0.4) is 0 Å². The zero-order chi connectivity index (χ0) is 9.84. The summed E-state index contributed by atoms with van der Waals surface area (Å²) in [5.74, 6) is 0. The van der Waals surface area contributed by atoms with Crippen molar-refractivity contribution in [2.75, 3.05) is 17.6 Å². The van der Waals surface area contributed by atoms with E-state index in [1.807, 2.05) is 19.1 Å². The molecule has 1 heterocycles. The average Bonchev–Trinajstić information content (AvgIpc) is 2.43. The van der Waals surface area contributed by atoms with Crippen LogP contribution < -0.4 is 11.1 Å².